The number of aliphatic carboxylic acids is 1. The van der Waals surface area contributed by atoms with Crippen LogP contribution in [0, 0.1) is 0 Å². The third-order valence-electron chi connectivity index (χ3n) is 3.32. The summed E-state index contributed by atoms with van der Waals surface area (Å²) in [4.78, 5) is 68.5. The summed E-state index contributed by atoms with van der Waals surface area (Å²) in [6, 6.07) is -3.83. The minimum absolute atomic E-state index is 0.0746. The van der Waals surface area contributed by atoms with Crippen LogP contribution in [0.2, 0.25) is 0 Å². The van der Waals surface area contributed by atoms with Gasteiger partial charge in [-0.3, -0.25) is 24.0 Å². The summed E-state index contributed by atoms with van der Waals surface area (Å²) in [5.41, 5.74) is 15.6. The Bertz CT molecular complexity index is 629. The standard InChI is InChI=1S/C14H24N6O7S/c15-6(1-2-9(16)21)12(24)20-7(3-10(17)22)13(25)18-4-11(23)19-8(5-28)14(26)27/h6-8,28H,1-5,15H2,(H2,16,21)(H2,17,22)(H,18,25)(H,19,23)(H,20,24)(H,26,27). The molecule has 0 heterocycles. The summed E-state index contributed by atoms with van der Waals surface area (Å²) >= 11 is 3.77. The van der Waals surface area contributed by atoms with Crippen molar-refractivity contribution in [1.29, 1.82) is 0 Å². The van der Waals surface area contributed by atoms with Gasteiger partial charge in [0.1, 0.15) is 12.1 Å². The smallest absolute Gasteiger partial charge is 0.327 e. The zero-order chi connectivity index (χ0) is 21.9. The average Bonchev–Trinajstić information content (AvgIpc) is 2.60. The molecular weight excluding hydrogens is 396 g/mol. The van der Waals surface area contributed by atoms with Gasteiger partial charge in [-0.2, -0.15) is 12.6 Å². The number of thiol groups is 1. The highest BCUT2D eigenvalue weighted by atomic mass is 32.1. The van der Waals surface area contributed by atoms with E-state index in [1.165, 1.54) is 0 Å². The predicted octanol–water partition coefficient (Wildman–Crippen LogP) is -4.45. The predicted molar refractivity (Wildman–Crippen MR) is 98.6 cm³/mol. The summed E-state index contributed by atoms with van der Waals surface area (Å²) in [5, 5.41) is 15.3. The molecule has 28 heavy (non-hydrogen) atoms. The average molecular weight is 420 g/mol. The second-order valence-corrected chi connectivity index (χ2v) is 6.07. The maximum absolute atomic E-state index is 12.1. The van der Waals surface area contributed by atoms with Crippen LogP contribution in [0.4, 0.5) is 0 Å². The zero-order valence-electron chi connectivity index (χ0n) is 14.8. The highest BCUT2D eigenvalue weighted by molar-refractivity contribution is 7.80. The molecule has 0 spiro atoms. The van der Waals surface area contributed by atoms with Crippen molar-refractivity contribution in [2.45, 2.75) is 37.4 Å². The molecule has 0 aromatic carbocycles. The molecule has 0 aliphatic heterocycles. The lowest BCUT2D eigenvalue weighted by Gasteiger charge is -2.20. The molecule has 14 heteroatoms. The Morgan fingerprint density at radius 3 is 2.00 bits per heavy atom. The Balaban J connectivity index is 4.78. The fourth-order valence-corrected chi connectivity index (χ4v) is 2.09. The van der Waals surface area contributed by atoms with Crippen LogP contribution in [-0.4, -0.2) is 71.0 Å². The van der Waals surface area contributed by atoms with Gasteiger partial charge in [-0.05, 0) is 6.42 Å². The van der Waals surface area contributed by atoms with Crippen LogP contribution in [0.25, 0.3) is 0 Å². The van der Waals surface area contributed by atoms with E-state index in [-0.39, 0.29) is 18.6 Å². The number of amides is 5. The molecule has 0 saturated carbocycles. The van der Waals surface area contributed by atoms with Crippen LogP contribution in [0.15, 0.2) is 0 Å². The van der Waals surface area contributed by atoms with Gasteiger partial charge >= 0.3 is 5.97 Å². The molecule has 13 nitrogen and oxygen atoms in total. The van der Waals surface area contributed by atoms with Gasteiger partial charge in [-0.15, -0.1) is 0 Å². The molecule has 158 valence electrons. The van der Waals surface area contributed by atoms with Gasteiger partial charge in [-0.25, -0.2) is 4.79 Å². The van der Waals surface area contributed by atoms with E-state index in [0.29, 0.717) is 0 Å². The van der Waals surface area contributed by atoms with Crippen LogP contribution in [0.1, 0.15) is 19.3 Å². The maximum Gasteiger partial charge on any atom is 0.327 e. The summed E-state index contributed by atoms with van der Waals surface area (Å²) in [6.45, 7) is -0.616. The number of nitrogens with two attached hydrogens (primary N) is 3. The quantitative estimate of drug-likeness (QED) is 0.135. The van der Waals surface area contributed by atoms with Crippen molar-refractivity contribution in [3.63, 3.8) is 0 Å². The Morgan fingerprint density at radius 1 is 0.929 bits per heavy atom. The minimum atomic E-state index is -1.42. The first-order valence-corrected chi connectivity index (χ1v) is 8.64. The first kappa shape index (κ1) is 25.1. The van der Waals surface area contributed by atoms with Gasteiger partial charge in [0.2, 0.25) is 29.5 Å². The van der Waals surface area contributed by atoms with Crippen molar-refractivity contribution in [1.82, 2.24) is 16.0 Å². The highest BCUT2D eigenvalue weighted by Crippen LogP contribution is 1.98. The van der Waals surface area contributed by atoms with Gasteiger partial charge in [0.05, 0.1) is 19.0 Å². The fraction of sp³-hybridized carbons (Fsp3) is 0.571. The van der Waals surface area contributed by atoms with E-state index >= 15 is 0 Å². The van der Waals surface area contributed by atoms with E-state index in [9.17, 15) is 28.8 Å². The Kier molecular flexibility index (Phi) is 11.2. The maximum atomic E-state index is 12.1. The van der Waals surface area contributed by atoms with Gasteiger partial charge in [0.25, 0.3) is 0 Å². The number of carboxylic acid groups (broad SMARTS) is 1. The summed E-state index contributed by atoms with van der Waals surface area (Å²) < 4.78 is 0. The first-order chi connectivity index (χ1) is 13.0. The number of hydrogen-bond acceptors (Lipinski definition) is 8. The van der Waals surface area contributed by atoms with E-state index in [2.05, 4.69) is 28.6 Å². The second-order valence-electron chi connectivity index (χ2n) is 5.70. The molecule has 0 aromatic heterocycles. The first-order valence-electron chi connectivity index (χ1n) is 8.01. The second kappa shape index (κ2) is 12.5. The number of carbonyl (C=O) groups excluding carboxylic acids is 5. The Morgan fingerprint density at radius 2 is 1.54 bits per heavy atom. The molecule has 0 bridgehead atoms. The van der Waals surface area contributed by atoms with Crippen molar-refractivity contribution in [2.24, 2.45) is 17.2 Å². The van der Waals surface area contributed by atoms with Gasteiger partial charge in [-0.1, -0.05) is 0 Å². The molecule has 0 aliphatic rings. The van der Waals surface area contributed by atoms with E-state index < -0.39 is 66.6 Å². The highest BCUT2D eigenvalue weighted by Gasteiger charge is 2.26. The fourth-order valence-electron chi connectivity index (χ4n) is 1.84. The van der Waals surface area contributed by atoms with Crippen LogP contribution in [0.5, 0.6) is 0 Å². The molecule has 10 N–H and O–H groups in total. The molecule has 0 radical (unpaired) electrons. The number of hydrogen-bond donors (Lipinski definition) is 8. The van der Waals surface area contributed by atoms with Crippen molar-refractivity contribution in [2.75, 3.05) is 12.3 Å². The van der Waals surface area contributed by atoms with Crippen LogP contribution in [-0.2, 0) is 28.8 Å². The lowest BCUT2D eigenvalue weighted by atomic mass is 10.1. The number of primary amides is 2. The summed E-state index contributed by atoms with van der Waals surface area (Å²) in [6.07, 6.45) is -0.803. The monoisotopic (exact) mass is 420 g/mol. The normalized spacial score (nSPS) is 13.5. The Hall–Kier alpha value is -2.87. The number of nitrogens with one attached hydrogen (secondary N) is 3. The van der Waals surface area contributed by atoms with Crippen molar-refractivity contribution in [3.05, 3.63) is 0 Å². The molecule has 3 unspecified atom stereocenters. The van der Waals surface area contributed by atoms with Crippen LogP contribution in [0.3, 0.4) is 0 Å². The molecule has 0 saturated heterocycles. The van der Waals surface area contributed by atoms with Crippen LogP contribution >= 0.6 is 12.6 Å². The number of carboxylic acids is 1. The van der Waals surface area contributed by atoms with Gasteiger partial charge in [0, 0.05) is 12.2 Å². The third kappa shape index (κ3) is 10.3. The van der Waals surface area contributed by atoms with Crippen molar-refractivity contribution in [3.8, 4) is 0 Å². The molecule has 0 aromatic rings. The van der Waals surface area contributed by atoms with Crippen molar-refractivity contribution < 1.29 is 33.9 Å². The van der Waals surface area contributed by atoms with Crippen LogP contribution < -0.4 is 33.2 Å². The van der Waals surface area contributed by atoms with Gasteiger partial charge in [0.15, 0.2) is 0 Å². The molecule has 5 amide bonds. The Labute approximate surface area is 165 Å². The molecule has 0 rings (SSSR count). The summed E-state index contributed by atoms with van der Waals surface area (Å²) in [7, 11) is 0. The number of carbonyl (C=O) groups is 6. The minimum Gasteiger partial charge on any atom is -0.480 e. The van der Waals surface area contributed by atoms with E-state index in [1.807, 2.05) is 0 Å². The molecule has 0 aliphatic carbocycles. The topological polar surface area (TPSA) is 237 Å². The number of rotatable bonds is 13. The SMILES string of the molecule is NC(=O)CCC(N)C(=O)NC(CC(N)=O)C(=O)NCC(=O)NC(CS)C(=O)O. The van der Waals surface area contributed by atoms with E-state index in [1.54, 1.807) is 0 Å². The zero-order valence-corrected chi connectivity index (χ0v) is 15.7. The summed E-state index contributed by atoms with van der Waals surface area (Å²) in [5.74, 6) is -5.61. The molecule has 3 atom stereocenters. The largest absolute Gasteiger partial charge is 0.480 e. The molecule has 0 fully saturated rings. The molecular formula is C14H24N6O7S. The van der Waals surface area contributed by atoms with E-state index in [0.717, 1.165) is 0 Å². The van der Waals surface area contributed by atoms with Crippen molar-refractivity contribution >= 4 is 48.1 Å². The van der Waals surface area contributed by atoms with Gasteiger partial charge < -0.3 is 38.3 Å². The van der Waals surface area contributed by atoms with E-state index in [4.69, 9.17) is 22.3 Å². The lowest BCUT2D eigenvalue weighted by Crippen LogP contribution is -2.54. The third-order valence-corrected chi connectivity index (χ3v) is 3.68. The lowest BCUT2D eigenvalue weighted by molar-refractivity contribution is -0.141.